The van der Waals surface area contributed by atoms with Crippen molar-refractivity contribution in [1.29, 1.82) is 0 Å². The van der Waals surface area contributed by atoms with Crippen molar-refractivity contribution in [1.82, 2.24) is 21.3 Å². The molecule has 0 aromatic rings. The monoisotopic (exact) mass is 282 g/mol. The van der Waals surface area contributed by atoms with E-state index in [1.54, 1.807) is 0 Å². The Kier molecular flexibility index (Phi) is 7.28. The Morgan fingerprint density at radius 3 is 1.60 bits per heavy atom. The largest absolute Gasteiger partial charge is 0.312 e. The quantitative estimate of drug-likeness (QED) is 0.531. The van der Waals surface area contributed by atoms with Crippen molar-refractivity contribution >= 4 is 0 Å². The van der Waals surface area contributed by atoms with Crippen LogP contribution in [-0.4, -0.2) is 50.3 Å². The third kappa shape index (κ3) is 5.32. The molecular weight excluding hydrogens is 248 g/mol. The van der Waals surface area contributed by atoms with E-state index in [0.29, 0.717) is 24.2 Å². The van der Waals surface area contributed by atoms with E-state index in [0.717, 1.165) is 13.1 Å². The van der Waals surface area contributed by atoms with E-state index < -0.39 is 0 Å². The van der Waals surface area contributed by atoms with Crippen molar-refractivity contribution in [3.05, 3.63) is 0 Å². The molecule has 2 saturated heterocycles. The number of hydrogen-bond acceptors (Lipinski definition) is 4. The van der Waals surface area contributed by atoms with Crippen LogP contribution in [0.5, 0.6) is 0 Å². The molecule has 2 aliphatic heterocycles. The van der Waals surface area contributed by atoms with Gasteiger partial charge < -0.3 is 21.3 Å². The third-order valence-corrected chi connectivity index (χ3v) is 4.96. The summed E-state index contributed by atoms with van der Waals surface area (Å²) in [5.74, 6) is 0. The standard InChI is InChI=1S/C16H34N4/c1-13(15-7-3-5-9-19-15)17-11-12-18-14(2)16-8-4-6-10-20-16/h13-20H,3-12H2,1-2H3/t13-,14+,15+,16-. The summed E-state index contributed by atoms with van der Waals surface area (Å²) < 4.78 is 0. The second kappa shape index (κ2) is 8.98. The first-order valence-electron chi connectivity index (χ1n) is 8.71. The van der Waals surface area contributed by atoms with Crippen LogP contribution in [0.1, 0.15) is 52.4 Å². The fourth-order valence-electron chi connectivity index (χ4n) is 3.50. The highest BCUT2D eigenvalue weighted by molar-refractivity contribution is 4.84. The first kappa shape index (κ1) is 16.2. The van der Waals surface area contributed by atoms with Gasteiger partial charge in [-0.3, -0.25) is 0 Å². The normalized spacial score (nSPS) is 30.9. The van der Waals surface area contributed by atoms with E-state index in [1.807, 2.05) is 0 Å². The average Bonchev–Trinajstić information content (AvgIpc) is 2.53. The Bertz CT molecular complexity index is 221. The number of hydrogen-bond donors (Lipinski definition) is 4. The molecule has 0 unspecified atom stereocenters. The van der Waals surface area contributed by atoms with Crippen LogP contribution >= 0.6 is 0 Å². The van der Waals surface area contributed by atoms with E-state index in [9.17, 15) is 0 Å². The van der Waals surface area contributed by atoms with Gasteiger partial charge in [-0.2, -0.15) is 0 Å². The van der Waals surface area contributed by atoms with Gasteiger partial charge in [0.15, 0.2) is 0 Å². The van der Waals surface area contributed by atoms with E-state index in [-0.39, 0.29) is 0 Å². The molecule has 20 heavy (non-hydrogen) atoms. The number of piperidine rings is 2. The van der Waals surface area contributed by atoms with Gasteiger partial charge in [0.2, 0.25) is 0 Å². The molecule has 0 saturated carbocycles. The molecule has 4 N–H and O–H groups in total. The lowest BCUT2D eigenvalue weighted by Crippen LogP contribution is -2.52. The first-order chi connectivity index (χ1) is 9.77. The Hall–Kier alpha value is -0.160. The minimum absolute atomic E-state index is 0.584. The molecule has 0 bridgehead atoms. The van der Waals surface area contributed by atoms with Crippen molar-refractivity contribution in [3.63, 3.8) is 0 Å². The van der Waals surface area contributed by atoms with Gasteiger partial charge in [-0.05, 0) is 52.6 Å². The SMILES string of the molecule is C[C@H](NCCN[C@H](C)[C@@H]1CCCCN1)[C@H]1CCCCN1. The Balaban J connectivity index is 1.53. The van der Waals surface area contributed by atoms with Crippen LogP contribution in [0.3, 0.4) is 0 Å². The summed E-state index contributed by atoms with van der Waals surface area (Å²) in [6, 6.07) is 2.50. The molecule has 2 rings (SSSR count). The van der Waals surface area contributed by atoms with Crippen molar-refractivity contribution in [2.45, 2.75) is 76.5 Å². The highest BCUT2D eigenvalue weighted by Gasteiger charge is 2.20. The van der Waals surface area contributed by atoms with Gasteiger partial charge in [0.1, 0.15) is 0 Å². The van der Waals surface area contributed by atoms with E-state index in [1.165, 1.54) is 51.6 Å². The molecule has 4 nitrogen and oxygen atoms in total. The third-order valence-electron chi connectivity index (χ3n) is 4.96. The maximum Gasteiger partial charge on any atom is 0.0218 e. The highest BCUT2D eigenvalue weighted by Crippen LogP contribution is 2.11. The van der Waals surface area contributed by atoms with E-state index in [2.05, 4.69) is 35.1 Å². The lowest BCUT2D eigenvalue weighted by atomic mass is 9.99. The molecule has 4 atom stereocenters. The van der Waals surface area contributed by atoms with Crippen LogP contribution in [0.25, 0.3) is 0 Å². The predicted molar refractivity (Wildman–Crippen MR) is 86.2 cm³/mol. The van der Waals surface area contributed by atoms with Crippen LogP contribution in [0.2, 0.25) is 0 Å². The molecule has 118 valence electrons. The maximum atomic E-state index is 3.67. The minimum Gasteiger partial charge on any atom is -0.312 e. The van der Waals surface area contributed by atoms with Crippen molar-refractivity contribution in [3.8, 4) is 0 Å². The van der Waals surface area contributed by atoms with Crippen LogP contribution in [0, 0.1) is 0 Å². The molecule has 4 heteroatoms. The van der Waals surface area contributed by atoms with E-state index >= 15 is 0 Å². The van der Waals surface area contributed by atoms with Gasteiger partial charge >= 0.3 is 0 Å². The molecule has 0 aliphatic carbocycles. The average molecular weight is 282 g/mol. The second-order valence-corrected chi connectivity index (χ2v) is 6.60. The predicted octanol–water partition coefficient (Wildman–Crippen LogP) is 1.23. The molecule has 2 heterocycles. The maximum absolute atomic E-state index is 3.67. The van der Waals surface area contributed by atoms with Gasteiger partial charge in [-0.25, -0.2) is 0 Å². The topological polar surface area (TPSA) is 48.1 Å². The minimum atomic E-state index is 0.584. The van der Waals surface area contributed by atoms with Crippen molar-refractivity contribution in [2.24, 2.45) is 0 Å². The Labute approximate surface area is 124 Å². The highest BCUT2D eigenvalue weighted by atomic mass is 15.1. The number of nitrogens with one attached hydrogen (secondary N) is 4. The fourth-order valence-corrected chi connectivity index (χ4v) is 3.50. The molecule has 2 fully saturated rings. The summed E-state index contributed by atoms with van der Waals surface area (Å²) in [7, 11) is 0. The van der Waals surface area contributed by atoms with Crippen LogP contribution in [0.4, 0.5) is 0 Å². The second-order valence-electron chi connectivity index (χ2n) is 6.60. The Morgan fingerprint density at radius 1 is 0.800 bits per heavy atom. The van der Waals surface area contributed by atoms with Gasteiger partial charge in [0.25, 0.3) is 0 Å². The van der Waals surface area contributed by atoms with Crippen LogP contribution in [0.15, 0.2) is 0 Å². The van der Waals surface area contributed by atoms with Crippen LogP contribution < -0.4 is 21.3 Å². The lowest BCUT2D eigenvalue weighted by Gasteiger charge is -2.31. The summed E-state index contributed by atoms with van der Waals surface area (Å²) in [4.78, 5) is 0. The molecule has 0 spiro atoms. The van der Waals surface area contributed by atoms with Gasteiger partial charge in [0.05, 0.1) is 0 Å². The molecule has 0 amide bonds. The summed E-state index contributed by atoms with van der Waals surface area (Å²) in [5.41, 5.74) is 0. The molecule has 2 aliphatic rings. The van der Waals surface area contributed by atoms with E-state index in [4.69, 9.17) is 0 Å². The summed E-state index contributed by atoms with van der Waals surface area (Å²) in [6.45, 7) is 9.15. The zero-order valence-electron chi connectivity index (χ0n) is 13.4. The smallest absolute Gasteiger partial charge is 0.0218 e. The molecule has 0 aromatic carbocycles. The zero-order valence-corrected chi connectivity index (χ0v) is 13.4. The van der Waals surface area contributed by atoms with Crippen molar-refractivity contribution in [2.75, 3.05) is 26.2 Å². The van der Waals surface area contributed by atoms with Crippen molar-refractivity contribution < 1.29 is 0 Å². The molecule has 0 radical (unpaired) electrons. The van der Waals surface area contributed by atoms with Crippen LogP contribution in [-0.2, 0) is 0 Å². The fraction of sp³-hybridized carbons (Fsp3) is 1.00. The summed E-state index contributed by atoms with van der Waals surface area (Å²) in [5, 5.41) is 14.6. The lowest BCUT2D eigenvalue weighted by molar-refractivity contribution is 0.308. The summed E-state index contributed by atoms with van der Waals surface area (Å²) >= 11 is 0. The Morgan fingerprint density at radius 2 is 1.25 bits per heavy atom. The molecular formula is C16H34N4. The zero-order chi connectivity index (χ0) is 14.2. The summed E-state index contributed by atoms with van der Waals surface area (Å²) in [6.07, 6.45) is 8.10. The van der Waals surface area contributed by atoms with Gasteiger partial charge in [-0.1, -0.05) is 12.8 Å². The number of rotatable bonds is 7. The van der Waals surface area contributed by atoms with Gasteiger partial charge in [0, 0.05) is 37.3 Å². The van der Waals surface area contributed by atoms with Gasteiger partial charge in [-0.15, -0.1) is 0 Å². The first-order valence-corrected chi connectivity index (χ1v) is 8.71. The molecule has 0 aromatic heterocycles.